The minimum Gasteiger partial charge on any atom is -0.0625 e. The molecule has 3 saturated carbocycles. The van der Waals surface area contributed by atoms with Crippen LogP contribution in [-0.2, 0) is 0 Å². The van der Waals surface area contributed by atoms with Crippen molar-refractivity contribution in [3.8, 4) is 0 Å². The fourth-order valence-corrected chi connectivity index (χ4v) is 4.55. The Morgan fingerprint density at radius 1 is 0.923 bits per heavy atom. The maximum absolute atomic E-state index is 2.58. The molecule has 0 aromatic carbocycles. The first-order valence-electron chi connectivity index (χ1n) is 6.12. The largest absolute Gasteiger partial charge is 0.0625 e. The third-order valence-corrected chi connectivity index (χ3v) is 5.89. The van der Waals surface area contributed by atoms with Crippen LogP contribution in [0.15, 0.2) is 0 Å². The van der Waals surface area contributed by atoms with Gasteiger partial charge in [0.2, 0.25) is 0 Å². The third-order valence-electron chi connectivity index (χ3n) is 5.89. The fourth-order valence-electron chi connectivity index (χ4n) is 4.55. The van der Waals surface area contributed by atoms with Crippen LogP contribution in [0.2, 0.25) is 0 Å². The first kappa shape index (κ1) is 8.32. The summed E-state index contributed by atoms with van der Waals surface area (Å²) < 4.78 is 0. The predicted octanol–water partition coefficient (Wildman–Crippen LogP) is 3.71. The van der Waals surface area contributed by atoms with E-state index >= 15 is 0 Å². The first-order chi connectivity index (χ1) is 6.12. The molecule has 2 unspecified atom stereocenters. The Balaban J connectivity index is 1.77. The van der Waals surface area contributed by atoms with Gasteiger partial charge in [0.05, 0.1) is 0 Å². The van der Waals surface area contributed by atoms with Gasteiger partial charge in [-0.1, -0.05) is 20.8 Å². The van der Waals surface area contributed by atoms with E-state index in [1.54, 1.807) is 25.7 Å². The molecule has 0 radical (unpaired) electrons. The molecule has 3 rings (SSSR count). The minimum atomic E-state index is 0.839. The maximum atomic E-state index is 2.58. The van der Waals surface area contributed by atoms with E-state index in [0.717, 1.165) is 35.0 Å². The van der Waals surface area contributed by atoms with Crippen LogP contribution in [-0.4, -0.2) is 0 Å². The molecule has 2 atom stereocenters. The smallest absolute Gasteiger partial charge is 0.0240 e. The van der Waals surface area contributed by atoms with E-state index < -0.39 is 0 Å². The summed E-state index contributed by atoms with van der Waals surface area (Å²) in [5.74, 6) is 5.39. The van der Waals surface area contributed by atoms with Crippen molar-refractivity contribution in [1.82, 2.24) is 0 Å². The van der Waals surface area contributed by atoms with Crippen LogP contribution in [0.25, 0.3) is 0 Å². The van der Waals surface area contributed by atoms with E-state index in [2.05, 4.69) is 20.8 Å². The van der Waals surface area contributed by atoms with Crippen molar-refractivity contribution in [2.45, 2.75) is 46.5 Å². The highest BCUT2D eigenvalue weighted by Gasteiger charge is 2.65. The molecule has 0 amide bonds. The van der Waals surface area contributed by atoms with Crippen LogP contribution in [0.5, 0.6) is 0 Å². The average Bonchev–Trinajstić information content (AvgIpc) is 2.01. The zero-order valence-electron chi connectivity index (χ0n) is 9.22. The Labute approximate surface area is 82.1 Å². The van der Waals surface area contributed by atoms with Crippen molar-refractivity contribution >= 4 is 0 Å². The SMILES string of the molecule is CC(C)C1CC2CC3CC(C1)C23C. The second-order valence-electron chi connectivity index (χ2n) is 6.40. The molecule has 74 valence electrons. The van der Waals surface area contributed by atoms with Gasteiger partial charge < -0.3 is 0 Å². The van der Waals surface area contributed by atoms with E-state index in [1.807, 2.05) is 0 Å². The van der Waals surface area contributed by atoms with Crippen LogP contribution in [0.4, 0.5) is 0 Å². The van der Waals surface area contributed by atoms with Crippen molar-refractivity contribution in [2.75, 3.05) is 0 Å². The molecule has 0 aliphatic heterocycles. The molecule has 0 saturated heterocycles. The zero-order chi connectivity index (χ0) is 9.22. The van der Waals surface area contributed by atoms with Crippen LogP contribution in [0, 0.1) is 35.0 Å². The summed E-state index contributed by atoms with van der Waals surface area (Å²) in [6, 6.07) is 0. The van der Waals surface area contributed by atoms with E-state index in [-0.39, 0.29) is 0 Å². The maximum Gasteiger partial charge on any atom is -0.0240 e. The Bertz CT molecular complexity index is 212. The highest BCUT2D eigenvalue weighted by molar-refractivity contribution is 5.14. The number of hydrogen-bond donors (Lipinski definition) is 0. The van der Waals surface area contributed by atoms with Gasteiger partial charge in [-0.15, -0.1) is 0 Å². The average molecular weight is 178 g/mol. The lowest BCUT2D eigenvalue weighted by atomic mass is 9.33. The molecule has 0 aromatic rings. The van der Waals surface area contributed by atoms with Gasteiger partial charge in [0, 0.05) is 0 Å². The van der Waals surface area contributed by atoms with E-state index in [0.29, 0.717) is 0 Å². The van der Waals surface area contributed by atoms with Gasteiger partial charge in [-0.05, 0) is 60.7 Å². The second-order valence-corrected chi connectivity index (χ2v) is 6.40. The zero-order valence-corrected chi connectivity index (χ0v) is 9.22. The number of hydrogen-bond acceptors (Lipinski definition) is 0. The highest BCUT2D eigenvalue weighted by atomic mass is 14.7. The molecule has 13 heavy (non-hydrogen) atoms. The van der Waals surface area contributed by atoms with Gasteiger partial charge in [0.15, 0.2) is 0 Å². The molecule has 0 nitrogen and oxygen atoms in total. The van der Waals surface area contributed by atoms with Crippen molar-refractivity contribution in [2.24, 2.45) is 35.0 Å². The van der Waals surface area contributed by atoms with Gasteiger partial charge in [0.25, 0.3) is 0 Å². The van der Waals surface area contributed by atoms with Gasteiger partial charge >= 0.3 is 0 Å². The molecule has 0 heterocycles. The van der Waals surface area contributed by atoms with Crippen molar-refractivity contribution < 1.29 is 0 Å². The van der Waals surface area contributed by atoms with Gasteiger partial charge in [0.1, 0.15) is 0 Å². The quantitative estimate of drug-likeness (QED) is 0.574. The lowest BCUT2D eigenvalue weighted by molar-refractivity contribution is -0.225. The van der Waals surface area contributed by atoms with Crippen LogP contribution in [0.3, 0.4) is 0 Å². The summed E-state index contributed by atoms with van der Waals surface area (Å²) >= 11 is 0. The standard InChI is InChI=1S/C13H22/c1-8(2)9-4-10-6-12-7-11(5-9)13(10,12)3/h8-12H,4-7H2,1-3H3. The Kier molecular flexibility index (Phi) is 1.49. The Morgan fingerprint density at radius 2 is 1.38 bits per heavy atom. The van der Waals surface area contributed by atoms with Crippen molar-refractivity contribution in [3.63, 3.8) is 0 Å². The molecule has 3 aliphatic rings. The lowest BCUT2D eigenvalue weighted by Gasteiger charge is -2.71. The normalized spacial score (nSPS) is 58.2. The summed E-state index contributed by atoms with van der Waals surface area (Å²) in [6.45, 7) is 7.42. The number of rotatable bonds is 1. The molecule has 0 heteroatoms. The second kappa shape index (κ2) is 2.32. The van der Waals surface area contributed by atoms with Crippen molar-refractivity contribution in [1.29, 1.82) is 0 Å². The predicted molar refractivity (Wildman–Crippen MR) is 55.4 cm³/mol. The summed E-state index contributed by atoms with van der Waals surface area (Å²) in [5.41, 5.74) is 0.839. The van der Waals surface area contributed by atoms with Crippen LogP contribution >= 0.6 is 0 Å². The molecule has 0 N–H and O–H groups in total. The topological polar surface area (TPSA) is 0 Å². The van der Waals surface area contributed by atoms with Crippen molar-refractivity contribution in [3.05, 3.63) is 0 Å². The summed E-state index contributed by atoms with van der Waals surface area (Å²) in [7, 11) is 0. The van der Waals surface area contributed by atoms with E-state index in [9.17, 15) is 0 Å². The molecule has 0 spiro atoms. The van der Waals surface area contributed by atoms with Crippen LogP contribution < -0.4 is 0 Å². The molecular weight excluding hydrogens is 156 g/mol. The lowest BCUT2D eigenvalue weighted by Crippen LogP contribution is -2.64. The van der Waals surface area contributed by atoms with Crippen LogP contribution in [0.1, 0.15) is 46.5 Å². The molecule has 3 fully saturated rings. The Hall–Kier alpha value is 0. The highest BCUT2D eigenvalue weighted by Crippen LogP contribution is 2.73. The summed E-state index contributed by atoms with van der Waals surface area (Å²) in [5, 5.41) is 0. The molecule has 3 aliphatic carbocycles. The monoisotopic (exact) mass is 178 g/mol. The van der Waals surface area contributed by atoms with Gasteiger partial charge in [-0.25, -0.2) is 0 Å². The van der Waals surface area contributed by atoms with Gasteiger partial charge in [-0.3, -0.25) is 0 Å². The van der Waals surface area contributed by atoms with Gasteiger partial charge in [-0.2, -0.15) is 0 Å². The fraction of sp³-hybridized carbons (Fsp3) is 1.00. The Morgan fingerprint density at radius 3 is 1.77 bits per heavy atom. The first-order valence-corrected chi connectivity index (χ1v) is 6.12. The summed E-state index contributed by atoms with van der Waals surface area (Å²) in [6.07, 6.45) is 6.27. The van der Waals surface area contributed by atoms with E-state index in [1.165, 1.54) is 0 Å². The molecular formula is C13H22. The third kappa shape index (κ3) is 0.831. The molecule has 0 bridgehead atoms. The van der Waals surface area contributed by atoms with E-state index in [4.69, 9.17) is 0 Å². The molecule has 0 aromatic heterocycles. The summed E-state index contributed by atoms with van der Waals surface area (Å²) in [4.78, 5) is 0. The minimum absolute atomic E-state index is 0.839.